The van der Waals surface area contributed by atoms with E-state index in [-0.39, 0.29) is 17.9 Å². The van der Waals surface area contributed by atoms with Crippen LogP contribution >= 0.6 is 0 Å². The number of esters is 1. The van der Waals surface area contributed by atoms with Crippen molar-refractivity contribution in [2.75, 3.05) is 19.0 Å². The number of aromatic nitrogens is 2. The molecule has 1 fully saturated rings. The van der Waals surface area contributed by atoms with E-state index < -0.39 is 11.1 Å². The molecule has 2 aromatic rings. The van der Waals surface area contributed by atoms with Gasteiger partial charge in [0.1, 0.15) is 11.1 Å². The molecule has 3 rings (SSSR count). The summed E-state index contributed by atoms with van der Waals surface area (Å²) in [5.74, 6) is 0.164. The Morgan fingerprint density at radius 2 is 1.90 bits per heavy atom. The first kappa shape index (κ1) is 23.2. The van der Waals surface area contributed by atoms with Crippen LogP contribution < -0.4 is 10.2 Å². The fourth-order valence-corrected chi connectivity index (χ4v) is 4.46. The lowest BCUT2D eigenvalue weighted by Crippen LogP contribution is -2.52. The van der Waals surface area contributed by atoms with Crippen molar-refractivity contribution in [1.29, 1.82) is 0 Å². The molecule has 0 spiro atoms. The molecule has 1 aromatic heterocycles. The maximum absolute atomic E-state index is 13.5. The van der Waals surface area contributed by atoms with Gasteiger partial charge in [-0.15, -0.1) is 0 Å². The summed E-state index contributed by atoms with van der Waals surface area (Å²) in [6.45, 7) is 10.0. The number of nitrogens with zero attached hydrogens (tertiary/aromatic N) is 3. The first-order chi connectivity index (χ1) is 14.5. The fraction of sp³-hybridized carbons (Fsp3) is 0.560. The zero-order valence-electron chi connectivity index (χ0n) is 19.8. The average molecular weight is 425 g/mol. The van der Waals surface area contributed by atoms with Crippen LogP contribution in [0, 0.1) is 5.92 Å². The smallest absolute Gasteiger partial charge is 0.326 e. The molecule has 0 unspecified atom stereocenters. The first-order valence-electron chi connectivity index (χ1n) is 11.0. The molecule has 1 N–H and O–H groups in total. The normalized spacial score (nSPS) is 23.7. The maximum atomic E-state index is 13.5. The second-order valence-electron chi connectivity index (χ2n) is 10.2. The van der Waals surface area contributed by atoms with Crippen molar-refractivity contribution in [3.63, 3.8) is 0 Å². The molecule has 6 nitrogen and oxygen atoms in total. The van der Waals surface area contributed by atoms with Gasteiger partial charge in [-0.1, -0.05) is 26.0 Å². The summed E-state index contributed by atoms with van der Waals surface area (Å²) in [4.78, 5) is 24.5. The van der Waals surface area contributed by atoms with Gasteiger partial charge in [0.15, 0.2) is 0 Å². The van der Waals surface area contributed by atoms with Crippen LogP contribution in [0.25, 0.3) is 0 Å². The first-order valence-corrected chi connectivity index (χ1v) is 11.0. The number of hydrogen-bond acceptors (Lipinski definition) is 6. The third-order valence-electron chi connectivity index (χ3n) is 5.68. The highest BCUT2D eigenvalue weighted by Crippen LogP contribution is 2.47. The Hall–Kier alpha value is -2.47. The number of carbonyl (C=O) groups excluding carboxylic acids is 1. The quantitative estimate of drug-likeness (QED) is 0.689. The fourth-order valence-electron chi connectivity index (χ4n) is 4.46. The molecule has 6 heteroatoms. The molecular weight excluding hydrogens is 388 g/mol. The van der Waals surface area contributed by atoms with E-state index in [4.69, 9.17) is 4.74 Å². The van der Waals surface area contributed by atoms with Crippen molar-refractivity contribution >= 4 is 11.7 Å². The predicted molar refractivity (Wildman–Crippen MR) is 124 cm³/mol. The van der Waals surface area contributed by atoms with Gasteiger partial charge in [-0.2, -0.15) is 0 Å². The van der Waals surface area contributed by atoms with E-state index in [0.29, 0.717) is 18.8 Å². The summed E-state index contributed by atoms with van der Waals surface area (Å²) in [5.41, 5.74) is 1.85. The van der Waals surface area contributed by atoms with Crippen molar-refractivity contribution in [2.45, 2.75) is 70.6 Å². The molecular formula is C25H36N4O2. The minimum Gasteiger partial charge on any atom is -0.459 e. The lowest BCUT2D eigenvalue weighted by atomic mass is 9.82. The number of nitrogens with one attached hydrogen (secondary N) is 1. The molecule has 168 valence electrons. The van der Waals surface area contributed by atoms with E-state index in [2.05, 4.69) is 58.3 Å². The number of carbonyl (C=O) groups is 1. The topological polar surface area (TPSA) is 67.3 Å². The van der Waals surface area contributed by atoms with Gasteiger partial charge in [-0.25, -0.2) is 0 Å². The lowest BCUT2D eigenvalue weighted by molar-refractivity contribution is -0.163. The van der Waals surface area contributed by atoms with Crippen LogP contribution in [0.2, 0.25) is 0 Å². The number of benzene rings is 1. The van der Waals surface area contributed by atoms with E-state index in [9.17, 15) is 4.79 Å². The summed E-state index contributed by atoms with van der Waals surface area (Å²) in [6.07, 6.45) is 6.54. The zero-order valence-corrected chi connectivity index (χ0v) is 19.8. The number of anilines is 1. The summed E-state index contributed by atoms with van der Waals surface area (Å²) in [6, 6.07) is 8.44. The van der Waals surface area contributed by atoms with E-state index in [1.54, 1.807) is 12.4 Å². The standard InChI is InChI=1S/C25H36N4O2/c1-17(2)14-25(23(30)31-24(3,4)5)15-20(21-16-26-12-13-27-21)22(28-25)18-8-10-19(11-9-18)29(6)7/h8-13,16-17,20,22,28H,14-15H2,1-7H3/t20-,22+,25+/m1/s1. The molecule has 0 aliphatic carbocycles. The number of hydrogen-bond donors (Lipinski definition) is 1. The molecule has 0 radical (unpaired) electrons. The van der Waals surface area contributed by atoms with Gasteiger partial charge in [0.2, 0.25) is 0 Å². The molecule has 1 aliphatic rings. The zero-order chi connectivity index (χ0) is 22.8. The lowest BCUT2D eigenvalue weighted by Gasteiger charge is -2.33. The maximum Gasteiger partial charge on any atom is 0.326 e. The third-order valence-corrected chi connectivity index (χ3v) is 5.68. The summed E-state index contributed by atoms with van der Waals surface area (Å²) >= 11 is 0. The molecule has 1 saturated heterocycles. The minimum absolute atomic E-state index is 0.0187. The van der Waals surface area contributed by atoms with Crippen LogP contribution in [0.15, 0.2) is 42.9 Å². The minimum atomic E-state index is -0.769. The van der Waals surface area contributed by atoms with Gasteiger partial charge in [0.25, 0.3) is 0 Å². The Balaban J connectivity index is 2.03. The largest absolute Gasteiger partial charge is 0.459 e. The van der Waals surface area contributed by atoms with Gasteiger partial charge in [-0.05, 0) is 57.2 Å². The Morgan fingerprint density at radius 3 is 2.42 bits per heavy atom. The molecule has 1 aliphatic heterocycles. The van der Waals surface area contributed by atoms with Crippen molar-refractivity contribution in [1.82, 2.24) is 15.3 Å². The molecule has 0 saturated carbocycles. The van der Waals surface area contributed by atoms with Gasteiger partial charge >= 0.3 is 5.97 Å². The van der Waals surface area contributed by atoms with E-state index in [1.165, 1.54) is 0 Å². The van der Waals surface area contributed by atoms with Crippen LogP contribution in [0.5, 0.6) is 0 Å². The highest BCUT2D eigenvalue weighted by atomic mass is 16.6. The van der Waals surface area contributed by atoms with E-state index in [1.807, 2.05) is 41.1 Å². The predicted octanol–water partition coefficient (Wildman–Crippen LogP) is 4.49. The Bertz CT molecular complexity index is 875. The third kappa shape index (κ3) is 5.42. The Morgan fingerprint density at radius 1 is 1.23 bits per heavy atom. The van der Waals surface area contributed by atoms with Crippen LogP contribution in [0.3, 0.4) is 0 Å². The van der Waals surface area contributed by atoms with E-state index >= 15 is 0 Å². The molecule has 3 atom stereocenters. The van der Waals surface area contributed by atoms with E-state index in [0.717, 1.165) is 16.9 Å². The van der Waals surface area contributed by atoms with Gasteiger partial charge in [0.05, 0.1) is 5.69 Å². The average Bonchev–Trinajstić information content (AvgIpc) is 3.07. The van der Waals surface area contributed by atoms with Crippen LogP contribution in [-0.2, 0) is 9.53 Å². The van der Waals surface area contributed by atoms with Crippen LogP contribution in [0.4, 0.5) is 5.69 Å². The SMILES string of the molecule is CC(C)C[C@@]1(C(=O)OC(C)(C)C)C[C@H](c2cnccn2)[C@H](c2ccc(N(C)C)cc2)N1. The van der Waals surface area contributed by atoms with Crippen LogP contribution in [-0.4, -0.2) is 41.2 Å². The number of ether oxygens (including phenoxy) is 1. The molecule has 0 amide bonds. The molecule has 0 bridgehead atoms. The van der Waals surface area contributed by atoms with Crippen molar-refractivity contribution in [3.8, 4) is 0 Å². The number of rotatable bonds is 6. The molecule has 1 aromatic carbocycles. The Kier molecular flexibility index (Phi) is 6.70. The van der Waals surface area contributed by atoms with Gasteiger partial charge < -0.3 is 9.64 Å². The molecule has 2 heterocycles. The Labute approximate surface area is 186 Å². The molecule has 31 heavy (non-hydrogen) atoms. The van der Waals surface area contributed by atoms with Gasteiger partial charge in [0, 0.05) is 50.3 Å². The van der Waals surface area contributed by atoms with Crippen molar-refractivity contribution in [3.05, 3.63) is 54.1 Å². The van der Waals surface area contributed by atoms with Crippen molar-refractivity contribution in [2.24, 2.45) is 5.92 Å². The highest BCUT2D eigenvalue weighted by molar-refractivity contribution is 5.82. The highest BCUT2D eigenvalue weighted by Gasteiger charge is 2.53. The van der Waals surface area contributed by atoms with Crippen LogP contribution in [0.1, 0.15) is 70.7 Å². The van der Waals surface area contributed by atoms with Crippen molar-refractivity contribution < 1.29 is 9.53 Å². The second kappa shape index (κ2) is 8.95. The van der Waals surface area contributed by atoms with Gasteiger partial charge in [-0.3, -0.25) is 20.1 Å². The second-order valence-corrected chi connectivity index (χ2v) is 10.2. The summed E-state index contributed by atoms with van der Waals surface area (Å²) < 4.78 is 5.90. The summed E-state index contributed by atoms with van der Waals surface area (Å²) in [7, 11) is 4.06. The summed E-state index contributed by atoms with van der Waals surface area (Å²) in [5, 5.41) is 3.72. The monoisotopic (exact) mass is 424 g/mol.